The number of benzene rings is 1. The number of hydrogen-bond donors (Lipinski definition) is 1. The number of nitrogens with two attached hydrogens (primary N) is 1. The molecule has 1 aromatic rings. The van der Waals surface area contributed by atoms with Gasteiger partial charge < -0.3 is 10.5 Å². The molecule has 0 bridgehead atoms. The van der Waals surface area contributed by atoms with Gasteiger partial charge in [-0.05, 0) is 24.3 Å². The standard InChI is InChI=1S/C12H16F3NO/c1-11(2,7-16)8-17-10-5-3-9(4-6-10)12(13,14)15/h3-6H,7-8,16H2,1-2H3. The number of alkyl halides is 3. The predicted molar refractivity (Wildman–Crippen MR) is 59.8 cm³/mol. The SMILES string of the molecule is CC(C)(CN)COc1ccc(C(F)(F)F)cc1. The Kier molecular flexibility index (Phi) is 4.03. The first-order chi connectivity index (χ1) is 7.74. The molecular formula is C12H16F3NO. The van der Waals surface area contributed by atoms with Crippen LogP contribution in [0.4, 0.5) is 13.2 Å². The lowest BCUT2D eigenvalue weighted by atomic mass is 9.95. The van der Waals surface area contributed by atoms with E-state index in [1.807, 2.05) is 13.8 Å². The quantitative estimate of drug-likeness (QED) is 0.887. The molecule has 0 saturated carbocycles. The molecule has 5 heteroatoms. The molecule has 0 saturated heterocycles. The third-order valence-corrected chi connectivity index (χ3v) is 2.36. The molecule has 0 aromatic heterocycles. The molecule has 0 heterocycles. The van der Waals surface area contributed by atoms with Crippen molar-refractivity contribution in [2.75, 3.05) is 13.2 Å². The highest BCUT2D eigenvalue weighted by atomic mass is 19.4. The van der Waals surface area contributed by atoms with E-state index >= 15 is 0 Å². The van der Waals surface area contributed by atoms with Crippen LogP contribution in [0.3, 0.4) is 0 Å². The Bertz CT molecular complexity index is 357. The van der Waals surface area contributed by atoms with E-state index in [9.17, 15) is 13.2 Å². The minimum absolute atomic E-state index is 0.192. The van der Waals surface area contributed by atoms with Gasteiger partial charge in [0.15, 0.2) is 0 Å². The number of ether oxygens (including phenoxy) is 1. The Morgan fingerprint density at radius 1 is 1.12 bits per heavy atom. The van der Waals surface area contributed by atoms with Crippen molar-refractivity contribution in [3.8, 4) is 5.75 Å². The Morgan fingerprint density at radius 3 is 2.06 bits per heavy atom. The van der Waals surface area contributed by atoms with Gasteiger partial charge in [-0.15, -0.1) is 0 Å². The van der Waals surface area contributed by atoms with E-state index < -0.39 is 11.7 Å². The minimum Gasteiger partial charge on any atom is -0.493 e. The molecule has 0 amide bonds. The highest BCUT2D eigenvalue weighted by molar-refractivity contribution is 5.28. The molecule has 2 nitrogen and oxygen atoms in total. The fraction of sp³-hybridized carbons (Fsp3) is 0.500. The molecule has 0 spiro atoms. The summed E-state index contributed by atoms with van der Waals surface area (Å²) >= 11 is 0. The van der Waals surface area contributed by atoms with Crippen molar-refractivity contribution >= 4 is 0 Å². The van der Waals surface area contributed by atoms with E-state index in [0.29, 0.717) is 18.9 Å². The van der Waals surface area contributed by atoms with Crippen LogP contribution in [-0.4, -0.2) is 13.2 Å². The molecule has 1 aromatic carbocycles. The maximum absolute atomic E-state index is 12.3. The van der Waals surface area contributed by atoms with Gasteiger partial charge in [0, 0.05) is 12.0 Å². The van der Waals surface area contributed by atoms with Crippen molar-refractivity contribution in [2.24, 2.45) is 11.1 Å². The van der Waals surface area contributed by atoms with Crippen LogP contribution in [0.25, 0.3) is 0 Å². The molecule has 0 unspecified atom stereocenters. The molecule has 1 rings (SSSR count). The summed E-state index contributed by atoms with van der Waals surface area (Å²) in [5.74, 6) is 0.416. The summed E-state index contributed by atoms with van der Waals surface area (Å²) in [5, 5.41) is 0. The van der Waals surface area contributed by atoms with Crippen LogP contribution in [-0.2, 0) is 6.18 Å². The summed E-state index contributed by atoms with van der Waals surface area (Å²) in [5.41, 5.74) is 4.65. The van der Waals surface area contributed by atoms with Gasteiger partial charge in [0.2, 0.25) is 0 Å². The molecule has 96 valence electrons. The monoisotopic (exact) mass is 247 g/mol. The second-order valence-electron chi connectivity index (χ2n) is 4.68. The topological polar surface area (TPSA) is 35.2 Å². The normalized spacial score (nSPS) is 12.6. The summed E-state index contributed by atoms with van der Waals surface area (Å²) in [6.07, 6.45) is -4.31. The van der Waals surface area contributed by atoms with Crippen molar-refractivity contribution in [3.63, 3.8) is 0 Å². The van der Waals surface area contributed by atoms with Gasteiger partial charge in [-0.2, -0.15) is 13.2 Å². The molecule has 0 aliphatic heterocycles. The van der Waals surface area contributed by atoms with Crippen molar-refractivity contribution in [2.45, 2.75) is 20.0 Å². The Morgan fingerprint density at radius 2 is 1.65 bits per heavy atom. The molecule has 17 heavy (non-hydrogen) atoms. The predicted octanol–water partition coefficient (Wildman–Crippen LogP) is 3.07. The first-order valence-corrected chi connectivity index (χ1v) is 5.25. The van der Waals surface area contributed by atoms with E-state index in [1.165, 1.54) is 12.1 Å². The summed E-state index contributed by atoms with van der Waals surface area (Å²) in [7, 11) is 0. The van der Waals surface area contributed by atoms with Crippen molar-refractivity contribution in [1.29, 1.82) is 0 Å². The smallest absolute Gasteiger partial charge is 0.416 e. The Hall–Kier alpha value is -1.23. The van der Waals surface area contributed by atoms with Gasteiger partial charge in [-0.1, -0.05) is 13.8 Å². The minimum atomic E-state index is -4.31. The van der Waals surface area contributed by atoms with E-state index in [-0.39, 0.29) is 5.41 Å². The Balaban J connectivity index is 2.64. The van der Waals surface area contributed by atoms with Gasteiger partial charge in [-0.25, -0.2) is 0 Å². The Labute approximate surface area is 98.6 Å². The highest BCUT2D eigenvalue weighted by Gasteiger charge is 2.30. The third kappa shape index (κ3) is 4.26. The van der Waals surface area contributed by atoms with Crippen LogP contribution in [0.2, 0.25) is 0 Å². The zero-order valence-corrected chi connectivity index (χ0v) is 9.84. The summed E-state index contributed by atoms with van der Waals surface area (Å²) in [6, 6.07) is 4.64. The number of halogens is 3. The maximum atomic E-state index is 12.3. The van der Waals surface area contributed by atoms with E-state index in [1.54, 1.807) is 0 Å². The maximum Gasteiger partial charge on any atom is 0.416 e. The molecule has 2 N–H and O–H groups in total. The van der Waals surface area contributed by atoms with Crippen LogP contribution >= 0.6 is 0 Å². The van der Waals surface area contributed by atoms with Crippen LogP contribution in [0.5, 0.6) is 5.75 Å². The van der Waals surface area contributed by atoms with Gasteiger partial charge in [-0.3, -0.25) is 0 Å². The first-order valence-electron chi connectivity index (χ1n) is 5.25. The number of rotatable bonds is 4. The lowest BCUT2D eigenvalue weighted by Gasteiger charge is -2.22. The lowest BCUT2D eigenvalue weighted by Crippen LogP contribution is -2.30. The lowest BCUT2D eigenvalue weighted by molar-refractivity contribution is -0.137. The van der Waals surface area contributed by atoms with Crippen LogP contribution in [0.15, 0.2) is 24.3 Å². The zero-order valence-electron chi connectivity index (χ0n) is 9.84. The molecular weight excluding hydrogens is 231 g/mol. The molecule has 0 fully saturated rings. The molecule has 0 atom stereocenters. The van der Waals surface area contributed by atoms with Crippen LogP contribution in [0.1, 0.15) is 19.4 Å². The average Bonchev–Trinajstić information content (AvgIpc) is 2.26. The van der Waals surface area contributed by atoms with E-state index in [2.05, 4.69) is 0 Å². The average molecular weight is 247 g/mol. The third-order valence-electron chi connectivity index (χ3n) is 2.36. The molecule has 0 aliphatic rings. The van der Waals surface area contributed by atoms with Crippen LogP contribution < -0.4 is 10.5 Å². The van der Waals surface area contributed by atoms with Gasteiger partial charge in [0.05, 0.1) is 12.2 Å². The van der Waals surface area contributed by atoms with Gasteiger partial charge in [0.1, 0.15) is 5.75 Å². The summed E-state index contributed by atoms with van der Waals surface area (Å²) in [6.45, 7) is 4.68. The molecule has 0 radical (unpaired) electrons. The van der Waals surface area contributed by atoms with Crippen molar-refractivity contribution in [3.05, 3.63) is 29.8 Å². The zero-order chi connectivity index (χ0) is 13.1. The van der Waals surface area contributed by atoms with Gasteiger partial charge in [0.25, 0.3) is 0 Å². The largest absolute Gasteiger partial charge is 0.493 e. The second-order valence-corrected chi connectivity index (χ2v) is 4.68. The summed E-state index contributed by atoms with van der Waals surface area (Å²) < 4.78 is 42.3. The summed E-state index contributed by atoms with van der Waals surface area (Å²) in [4.78, 5) is 0. The van der Waals surface area contributed by atoms with E-state index in [4.69, 9.17) is 10.5 Å². The fourth-order valence-corrected chi connectivity index (χ4v) is 1.08. The second kappa shape index (κ2) is 4.96. The molecule has 0 aliphatic carbocycles. The van der Waals surface area contributed by atoms with Crippen LogP contribution in [0, 0.1) is 5.41 Å². The van der Waals surface area contributed by atoms with Gasteiger partial charge >= 0.3 is 6.18 Å². The number of hydrogen-bond acceptors (Lipinski definition) is 2. The van der Waals surface area contributed by atoms with Crippen molar-refractivity contribution in [1.82, 2.24) is 0 Å². The van der Waals surface area contributed by atoms with Crippen molar-refractivity contribution < 1.29 is 17.9 Å². The first kappa shape index (κ1) is 13.8. The highest BCUT2D eigenvalue weighted by Crippen LogP contribution is 2.30. The van der Waals surface area contributed by atoms with E-state index in [0.717, 1.165) is 12.1 Å². The fourth-order valence-electron chi connectivity index (χ4n) is 1.08.